The molecule has 6 N–H and O–H groups in total. The lowest BCUT2D eigenvalue weighted by atomic mass is 10.0. The molecule has 0 aliphatic carbocycles. The minimum atomic E-state index is -4.56. The van der Waals surface area contributed by atoms with Gasteiger partial charge in [0.2, 0.25) is 5.95 Å². The number of imidazole rings is 1. The molecule has 23 heteroatoms. The number of thiol groups is 1. The molecule has 7 rings (SSSR count). The zero-order valence-electron chi connectivity index (χ0n) is 23.1. The molecule has 19 nitrogen and oxygen atoms in total. The Morgan fingerprint density at radius 2 is 1.98 bits per heavy atom. The second-order valence-electron chi connectivity index (χ2n) is 10.6. The second-order valence-corrected chi connectivity index (χ2v) is 14.9. The molecule has 0 unspecified atom stereocenters. The predicted octanol–water partition coefficient (Wildman–Crippen LogP) is 0.00430. The Kier molecular flexibility index (Phi) is 7.41. The zero-order chi connectivity index (χ0) is 31.8. The van der Waals surface area contributed by atoms with Gasteiger partial charge in [0.1, 0.15) is 36.3 Å². The predicted molar refractivity (Wildman–Crippen MR) is 156 cm³/mol. The van der Waals surface area contributed by atoms with Gasteiger partial charge < -0.3 is 25.5 Å². The first-order chi connectivity index (χ1) is 21.3. The highest BCUT2D eigenvalue weighted by molar-refractivity contribution is 8.44. The Bertz CT molecular complexity index is 2020. The third-order valence-corrected chi connectivity index (χ3v) is 10.3. The lowest BCUT2D eigenvalue weighted by molar-refractivity contribution is -0.0433. The number of hydrogen-bond acceptors (Lipinski definition) is 15. The van der Waals surface area contributed by atoms with Crippen LogP contribution < -0.4 is 21.7 Å². The fourth-order valence-corrected chi connectivity index (χ4v) is 8.21. The number of alkyl halides is 1. The van der Waals surface area contributed by atoms with Gasteiger partial charge >= 0.3 is 17.1 Å². The van der Waals surface area contributed by atoms with Crippen molar-refractivity contribution in [1.82, 2.24) is 38.8 Å². The fraction of sp³-hybridized carbons (Fsp3) is 0.500. The van der Waals surface area contributed by atoms with Crippen molar-refractivity contribution in [3.8, 4) is 0 Å². The first-order valence-corrected chi connectivity index (χ1v) is 17.5. The van der Waals surface area contributed by atoms with Crippen LogP contribution in [0, 0.1) is 0 Å². The lowest BCUT2D eigenvalue weighted by Gasteiger charge is -2.25. The molecule has 0 saturated carbocycles. The summed E-state index contributed by atoms with van der Waals surface area (Å²) in [6.07, 6.45) is -5.60. The Balaban J connectivity index is 1.20. The molecule has 0 aromatic carbocycles. The molecule has 3 fully saturated rings. The van der Waals surface area contributed by atoms with E-state index in [1.54, 1.807) is 17.8 Å². The van der Waals surface area contributed by atoms with Crippen LogP contribution in [-0.4, -0.2) is 86.2 Å². The van der Waals surface area contributed by atoms with Crippen molar-refractivity contribution in [3.05, 3.63) is 34.8 Å². The number of aryl methyl sites for hydroxylation is 1. The zero-order valence-corrected chi connectivity index (χ0v) is 25.7. The third kappa shape index (κ3) is 5.48. The minimum Gasteiger partial charge on any atom is -0.382 e. The van der Waals surface area contributed by atoms with E-state index < -0.39 is 78.7 Å². The molecule has 7 heterocycles. The Hall–Kier alpha value is -3.21. The van der Waals surface area contributed by atoms with Gasteiger partial charge in [0, 0.05) is 31.8 Å². The number of nitrogens with zero attached hydrogens (tertiary/aromatic N) is 6. The van der Waals surface area contributed by atoms with Gasteiger partial charge in [-0.05, 0) is 0 Å². The molecule has 0 amide bonds. The van der Waals surface area contributed by atoms with Crippen molar-refractivity contribution in [2.45, 2.75) is 49.3 Å². The van der Waals surface area contributed by atoms with E-state index in [-0.39, 0.29) is 34.9 Å². The molecule has 45 heavy (non-hydrogen) atoms. The monoisotopic (exact) mass is 688 g/mol. The maximum Gasteiger partial charge on any atom is 0.386 e. The van der Waals surface area contributed by atoms with Crippen molar-refractivity contribution in [2.24, 2.45) is 7.05 Å². The van der Waals surface area contributed by atoms with Gasteiger partial charge in [0.05, 0.1) is 24.6 Å². The quantitative estimate of drug-likeness (QED) is 0.137. The number of rotatable bonds is 2. The van der Waals surface area contributed by atoms with Crippen LogP contribution in [0.1, 0.15) is 24.3 Å². The van der Waals surface area contributed by atoms with Gasteiger partial charge in [-0.2, -0.15) is 18.1 Å². The number of nitrogen functional groups attached to an aromatic ring is 2. The summed E-state index contributed by atoms with van der Waals surface area (Å²) in [5.41, 5.74) is 12.0. The highest BCUT2D eigenvalue weighted by Gasteiger charge is 2.51. The Labute approximate surface area is 257 Å². The van der Waals surface area contributed by atoms with Crippen LogP contribution in [0.2, 0.25) is 0 Å². The van der Waals surface area contributed by atoms with Crippen LogP contribution in [0.5, 0.6) is 0 Å². The number of nitrogens with one attached hydrogen (secondary N) is 2. The maximum absolute atomic E-state index is 16.1. The number of halogens is 1. The van der Waals surface area contributed by atoms with Crippen LogP contribution in [-0.2, 0) is 44.6 Å². The van der Waals surface area contributed by atoms with Crippen LogP contribution in [0.15, 0.2) is 23.6 Å². The summed E-state index contributed by atoms with van der Waals surface area (Å²) >= 11 is 4.05. The average molecular weight is 689 g/mol. The molecule has 2 bridgehead atoms. The molecule has 4 aromatic rings. The van der Waals surface area contributed by atoms with E-state index in [4.69, 9.17) is 34.2 Å². The molecule has 3 aliphatic heterocycles. The first-order valence-electron chi connectivity index (χ1n) is 13.4. The SMILES string of the molecule is Cn1cc([C@@H]2O[C@@H]3CNS(=O)(=O)O[C@@H]4C[C@@H](CO[P@@](=O)(S)O[C@H]3[C@H]2F)O[C@@H]4n2cnc3c(=O)[nH]c(N)nc32)c2ncnc(N)c21. The summed E-state index contributed by atoms with van der Waals surface area (Å²) in [5.74, 6) is -0.0479. The molecule has 4 aromatic heterocycles. The average Bonchev–Trinajstić information content (AvgIpc) is 3.71. The van der Waals surface area contributed by atoms with E-state index in [1.165, 1.54) is 17.2 Å². The summed E-state index contributed by atoms with van der Waals surface area (Å²) in [7, 11) is -2.89. The minimum absolute atomic E-state index is 0.00813. The number of H-pyrrole nitrogens is 1. The van der Waals surface area contributed by atoms with E-state index in [2.05, 4.69) is 41.9 Å². The van der Waals surface area contributed by atoms with Gasteiger partial charge in [0.25, 0.3) is 5.56 Å². The van der Waals surface area contributed by atoms with Crippen molar-refractivity contribution >= 4 is 63.3 Å². The number of ether oxygens (including phenoxy) is 2. The van der Waals surface area contributed by atoms with Crippen LogP contribution in [0.3, 0.4) is 0 Å². The normalized spacial score (nSPS) is 33.9. The largest absolute Gasteiger partial charge is 0.386 e. The number of aromatic nitrogens is 7. The van der Waals surface area contributed by atoms with Crippen molar-refractivity contribution in [1.29, 1.82) is 0 Å². The Morgan fingerprint density at radius 1 is 1.18 bits per heavy atom. The van der Waals surface area contributed by atoms with Gasteiger partial charge in [0.15, 0.2) is 29.4 Å². The molecule has 3 aliphatic rings. The summed E-state index contributed by atoms with van der Waals surface area (Å²) in [6, 6.07) is 0. The van der Waals surface area contributed by atoms with E-state index in [1.807, 2.05) is 0 Å². The maximum atomic E-state index is 16.1. The summed E-state index contributed by atoms with van der Waals surface area (Å²) in [5, 5.41) is 0. The summed E-state index contributed by atoms with van der Waals surface area (Å²) in [6.45, 7) is -5.26. The molecular formula is C22H26FN10O9PS2. The number of aromatic amines is 1. The summed E-state index contributed by atoms with van der Waals surface area (Å²) < 4.78 is 89.4. The van der Waals surface area contributed by atoms with E-state index in [0.717, 1.165) is 0 Å². The molecule has 0 radical (unpaired) electrons. The van der Waals surface area contributed by atoms with Gasteiger partial charge in [-0.1, -0.05) is 12.2 Å². The van der Waals surface area contributed by atoms with E-state index >= 15 is 4.39 Å². The molecular weight excluding hydrogens is 662 g/mol. The first kappa shape index (κ1) is 30.4. The molecule has 3 saturated heterocycles. The standard InChI is InChI=1S/C22H26FN10O9PS2/c1-32-4-9(13-15(32)18(24)27-6-26-13)16-12(23)17-11(40-16)3-29-45(36,37)42-10-2-8(5-38-43(35,44)41-17)39-21(10)33-7-28-14-19(33)30-22(25)31-20(14)34/h4,6-8,10-12,16-17,21,29H,2-3,5H2,1H3,(H,35,44)(H2,24,26,27)(H3,25,30,31,34)/t8-,10+,11+,12-,16-,17+,21-,43+/m0/s1. The Morgan fingerprint density at radius 3 is 2.78 bits per heavy atom. The molecule has 8 atom stereocenters. The van der Waals surface area contributed by atoms with Crippen molar-refractivity contribution in [2.75, 3.05) is 24.6 Å². The van der Waals surface area contributed by atoms with E-state index in [9.17, 15) is 17.8 Å². The number of nitrogens with two attached hydrogens (primary N) is 2. The van der Waals surface area contributed by atoms with Crippen molar-refractivity contribution in [3.63, 3.8) is 0 Å². The third-order valence-electron chi connectivity index (χ3n) is 7.67. The van der Waals surface area contributed by atoms with Crippen LogP contribution >= 0.6 is 19.0 Å². The highest BCUT2D eigenvalue weighted by Crippen LogP contribution is 2.57. The van der Waals surface area contributed by atoms with Crippen LogP contribution in [0.25, 0.3) is 22.2 Å². The number of hydrogen-bond donors (Lipinski definition) is 5. The lowest BCUT2D eigenvalue weighted by Crippen LogP contribution is -2.41. The summed E-state index contributed by atoms with van der Waals surface area (Å²) in [4.78, 5) is 30.9. The smallest absolute Gasteiger partial charge is 0.382 e. The van der Waals surface area contributed by atoms with Crippen molar-refractivity contribution < 1.29 is 40.1 Å². The number of fused-ring (bicyclic) bond motifs is 5. The van der Waals surface area contributed by atoms with Gasteiger partial charge in [-0.3, -0.25) is 23.4 Å². The fourth-order valence-electron chi connectivity index (χ4n) is 5.77. The second kappa shape index (κ2) is 11.0. The van der Waals surface area contributed by atoms with Crippen LogP contribution in [0.4, 0.5) is 16.2 Å². The molecule has 0 spiro atoms. The molecule has 242 valence electrons. The topological polar surface area (TPSA) is 256 Å². The van der Waals surface area contributed by atoms with Gasteiger partial charge in [-0.25, -0.2) is 28.1 Å². The van der Waals surface area contributed by atoms with E-state index in [0.29, 0.717) is 11.0 Å². The van der Waals surface area contributed by atoms with Gasteiger partial charge in [-0.15, -0.1) is 0 Å². The number of anilines is 2. The highest BCUT2D eigenvalue weighted by atomic mass is 32.7.